The minimum Gasteiger partial charge on any atom is -0.490 e. The van der Waals surface area contributed by atoms with Crippen molar-refractivity contribution >= 4 is 17.6 Å². The van der Waals surface area contributed by atoms with E-state index in [1.54, 1.807) is 18.2 Å². The average molecular weight is 365 g/mol. The van der Waals surface area contributed by atoms with Gasteiger partial charge in [0.2, 0.25) is 0 Å². The van der Waals surface area contributed by atoms with Gasteiger partial charge in [0, 0.05) is 11.3 Å². The fraction of sp³-hybridized carbons (Fsp3) is 0.238. The second-order valence-corrected chi connectivity index (χ2v) is 6.22. The summed E-state index contributed by atoms with van der Waals surface area (Å²) >= 11 is 0. The molecule has 27 heavy (non-hydrogen) atoms. The smallest absolute Gasteiger partial charge is 0.319 e. The first-order valence-electron chi connectivity index (χ1n) is 8.56. The maximum absolute atomic E-state index is 11.8. The van der Waals surface area contributed by atoms with Crippen molar-refractivity contribution in [2.75, 3.05) is 11.9 Å². The second kappa shape index (κ2) is 9.30. The number of benzene rings is 2. The van der Waals surface area contributed by atoms with E-state index in [0.29, 0.717) is 17.0 Å². The Kier molecular flexibility index (Phi) is 6.84. The normalized spacial score (nSPS) is 9.93. The molecule has 0 heterocycles. The van der Waals surface area contributed by atoms with Gasteiger partial charge in [-0.25, -0.2) is 4.79 Å². The van der Waals surface area contributed by atoms with Gasteiger partial charge in [-0.05, 0) is 51.1 Å². The summed E-state index contributed by atoms with van der Waals surface area (Å²) in [6.45, 7) is 5.87. The molecule has 2 rings (SSSR count). The summed E-state index contributed by atoms with van der Waals surface area (Å²) < 4.78 is 5.57. The van der Waals surface area contributed by atoms with Crippen LogP contribution in [0.1, 0.15) is 35.3 Å². The van der Waals surface area contributed by atoms with Crippen molar-refractivity contribution in [2.45, 2.75) is 26.9 Å². The van der Waals surface area contributed by atoms with Gasteiger partial charge in [-0.3, -0.25) is 4.79 Å². The average Bonchev–Trinajstić information content (AvgIpc) is 2.61. The SMILES string of the molecule is Cc1ccc(NC(=O)NCC#Cc2ccc(OC(C)C)c(C(N)=O)c2)cc1. The third-order valence-corrected chi connectivity index (χ3v) is 3.49. The largest absolute Gasteiger partial charge is 0.490 e. The van der Waals surface area contributed by atoms with Crippen LogP contribution in [0.5, 0.6) is 5.75 Å². The van der Waals surface area contributed by atoms with Gasteiger partial charge in [-0.15, -0.1) is 0 Å². The van der Waals surface area contributed by atoms with E-state index in [-0.39, 0.29) is 24.2 Å². The van der Waals surface area contributed by atoms with Crippen molar-refractivity contribution in [3.8, 4) is 17.6 Å². The first-order valence-corrected chi connectivity index (χ1v) is 8.56. The molecule has 0 fully saturated rings. The topological polar surface area (TPSA) is 93.4 Å². The molecule has 0 saturated heterocycles. The predicted octanol–water partition coefficient (Wildman–Crippen LogP) is 3.05. The van der Waals surface area contributed by atoms with Crippen LogP contribution in [0.25, 0.3) is 0 Å². The number of rotatable bonds is 5. The lowest BCUT2D eigenvalue weighted by molar-refractivity contribution is 0.0994. The number of amides is 3. The zero-order chi connectivity index (χ0) is 19.8. The summed E-state index contributed by atoms with van der Waals surface area (Å²) in [5, 5.41) is 5.37. The van der Waals surface area contributed by atoms with Crippen LogP contribution < -0.4 is 21.1 Å². The molecule has 0 aliphatic carbocycles. The van der Waals surface area contributed by atoms with Gasteiger partial charge >= 0.3 is 6.03 Å². The van der Waals surface area contributed by atoms with E-state index in [1.807, 2.05) is 45.0 Å². The fourth-order valence-corrected chi connectivity index (χ4v) is 2.24. The van der Waals surface area contributed by atoms with E-state index in [0.717, 1.165) is 5.56 Å². The van der Waals surface area contributed by atoms with E-state index < -0.39 is 5.91 Å². The number of primary amides is 1. The van der Waals surface area contributed by atoms with Crippen LogP contribution in [-0.4, -0.2) is 24.6 Å². The molecule has 0 aromatic heterocycles. The Hall–Kier alpha value is -3.46. The lowest BCUT2D eigenvalue weighted by atomic mass is 10.1. The van der Waals surface area contributed by atoms with Crippen LogP contribution in [-0.2, 0) is 0 Å². The van der Waals surface area contributed by atoms with Crippen LogP contribution in [0.4, 0.5) is 10.5 Å². The molecule has 0 radical (unpaired) electrons. The van der Waals surface area contributed by atoms with Crippen molar-refractivity contribution in [3.63, 3.8) is 0 Å². The lowest BCUT2D eigenvalue weighted by Gasteiger charge is -2.12. The zero-order valence-corrected chi connectivity index (χ0v) is 15.6. The van der Waals surface area contributed by atoms with Crippen molar-refractivity contribution in [3.05, 3.63) is 59.2 Å². The first-order chi connectivity index (χ1) is 12.8. The van der Waals surface area contributed by atoms with Crippen molar-refractivity contribution in [2.24, 2.45) is 5.73 Å². The van der Waals surface area contributed by atoms with Crippen LogP contribution in [0.2, 0.25) is 0 Å². The summed E-state index contributed by atoms with van der Waals surface area (Å²) in [7, 11) is 0. The Morgan fingerprint density at radius 3 is 2.48 bits per heavy atom. The summed E-state index contributed by atoms with van der Waals surface area (Å²) in [6.07, 6.45) is -0.0729. The van der Waals surface area contributed by atoms with E-state index in [4.69, 9.17) is 10.5 Å². The molecular weight excluding hydrogens is 342 g/mol. The molecule has 4 N–H and O–H groups in total. The highest BCUT2D eigenvalue weighted by Crippen LogP contribution is 2.20. The van der Waals surface area contributed by atoms with Gasteiger partial charge in [0.25, 0.3) is 5.91 Å². The third kappa shape index (κ3) is 6.40. The Morgan fingerprint density at radius 2 is 1.85 bits per heavy atom. The summed E-state index contributed by atoms with van der Waals surface area (Å²) in [5.41, 5.74) is 8.12. The lowest BCUT2D eigenvalue weighted by Crippen LogP contribution is -2.28. The minimum atomic E-state index is -0.579. The van der Waals surface area contributed by atoms with Crippen LogP contribution in [0, 0.1) is 18.8 Å². The monoisotopic (exact) mass is 365 g/mol. The first kappa shape index (κ1) is 19.9. The van der Waals surface area contributed by atoms with Gasteiger partial charge in [0.1, 0.15) is 5.75 Å². The Bertz CT molecular complexity index is 878. The summed E-state index contributed by atoms with van der Waals surface area (Å²) in [4.78, 5) is 23.4. The van der Waals surface area contributed by atoms with Crippen molar-refractivity contribution < 1.29 is 14.3 Å². The number of ether oxygens (including phenoxy) is 1. The molecule has 6 nitrogen and oxygen atoms in total. The zero-order valence-electron chi connectivity index (χ0n) is 15.6. The second-order valence-electron chi connectivity index (χ2n) is 6.22. The number of aryl methyl sites for hydroxylation is 1. The molecule has 6 heteroatoms. The quantitative estimate of drug-likeness (QED) is 0.711. The predicted molar refractivity (Wildman–Crippen MR) is 106 cm³/mol. The number of carbonyl (C=O) groups is 2. The number of hydrogen-bond donors (Lipinski definition) is 3. The molecule has 2 aromatic rings. The van der Waals surface area contributed by atoms with Gasteiger partial charge in [-0.1, -0.05) is 29.5 Å². The Morgan fingerprint density at radius 1 is 1.15 bits per heavy atom. The third-order valence-electron chi connectivity index (χ3n) is 3.49. The Balaban J connectivity index is 1.94. The Labute approximate surface area is 159 Å². The summed E-state index contributed by atoms with van der Waals surface area (Å²) in [6, 6.07) is 12.1. The number of carbonyl (C=O) groups excluding carboxylic acids is 2. The minimum absolute atomic E-state index is 0.0729. The molecule has 0 aliphatic rings. The van der Waals surface area contributed by atoms with Gasteiger partial charge in [-0.2, -0.15) is 0 Å². The number of nitrogens with one attached hydrogen (secondary N) is 2. The molecule has 140 valence electrons. The fourth-order valence-electron chi connectivity index (χ4n) is 2.24. The maximum atomic E-state index is 11.8. The van der Waals surface area contributed by atoms with E-state index in [9.17, 15) is 9.59 Å². The number of anilines is 1. The van der Waals surface area contributed by atoms with Gasteiger partial charge in [0.05, 0.1) is 18.2 Å². The summed E-state index contributed by atoms with van der Waals surface area (Å²) in [5.74, 6) is 5.58. The molecule has 0 spiro atoms. The van der Waals surface area contributed by atoms with E-state index in [1.165, 1.54) is 0 Å². The molecular formula is C21H23N3O3. The highest BCUT2D eigenvalue weighted by atomic mass is 16.5. The standard InChI is InChI=1S/C21H23N3O3/c1-14(2)27-19-11-8-16(13-18(19)20(22)25)5-4-12-23-21(26)24-17-9-6-15(3)7-10-17/h6-11,13-14H,12H2,1-3H3,(H2,22,25)(H2,23,24,26). The van der Waals surface area contributed by atoms with Crippen LogP contribution in [0.15, 0.2) is 42.5 Å². The number of urea groups is 1. The number of hydrogen-bond acceptors (Lipinski definition) is 3. The number of nitrogens with two attached hydrogens (primary N) is 1. The van der Waals surface area contributed by atoms with Gasteiger partial charge in [0.15, 0.2) is 0 Å². The van der Waals surface area contributed by atoms with E-state index >= 15 is 0 Å². The molecule has 0 unspecified atom stereocenters. The van der Waals surface area contributed by atoms with Crippen LogP contribution >= 0.6 is 0 Å². The van der Waals surface area contributed by atoms with Gasteiger partial charge < -0.3 is 21.1 Å². The van der Waals surface area contributed by atoms with Crippen molar-refractivity contribution in [1.29, 1.82) is 0 Å². The molecule has 2 aromatic carbocycles. The highest BCUT2D eigenvalue weighted by Gasteiger charge is 2.11. The van der Waals surface area contributed by atoms with Crippen molar-refractivity contribution in [1.82, 2.24) is 5.32 Å². The van der Waals surface area contributed by atoms with Crippen LogP contribution in [0.3, 0.4) is 0 Å². The highest BCUT2D eigenvalue weighted by molar-refractivity contribution is 5.96. The molecule has 0 atom stereocenters. The molecule has 3 amide bonds. The van der Waals surface area contributed by atoms with E-state index in [2.05, 4.69) is 22.5 Å². The molecule has 0 saturated carbocycles. The molecule has 0 aliphatic heterocycles. The molecule has 0 bridgehead atoms. The maximum Gasteiger partial charge on any atom is 0.319 e.